The minimum Gasteiger partial charge on any atom is -0.325 e. The summed E-state index contributed by atoms with van der Waals surface area (Å²) in [7, 11) is 0. The third-order valence-electron chi connectivity index (χ3n) is 3.58. The third kappa shape index (κ3) is 6.11. The van der Waals surface area contributed by atoms with Crippen LogP contribution >= 0.6 is 23.4 Å². The van der Waals surface area contributed by atoms with E-state index in [0.29, 0.717) is 5.02 Å². The van der Waals surface area contributed by atoms with E-state index in [1.165, 1.54) is 11.8 Å². The minimum absolute atomic E-state index is 0.118. The fourth-order valence-corrected chi connectivity index (χ4v) is 3.17. The van der Waals surface area contributed by atoms with Gasteiger partial charge in [-0.3, -0.25) is 9.59 Å². The van der Waals surface area contributed by atoms with Gasteiger partial charge in [0.2, 0.25) is 11.8 Å². The highest BCUT2D eigenvalue weighted by Crippen LogP contribution is 2.20. The van der Waals surface area contributed by atoms with Gasteiger partial charge in [0.1, 0.15) is 0 Å². The molecule has 0 aliphatic carbocycles. The van der Waals surface area contributed by atoms with Gasteiger partial charge in [-0.05, 0) is 56.2 Å². The van der Waals surface area contributed by atoms with Gasteiger partial charge in [0.05, 0.1) is 11.5 Å². The van der Waals surface area contributed by atoms with E-state index in [9.17, 15) is 9.59 Å². The molecular formula is C19H21ClN2O2S. The lowest BCUT2D eigenvalue weighted by molar-refractivity contribution is -0.114. The molecule has 0 heterocycles. The number of thioether (sulfide) groups is 1. The molecule has 0 spiro atoms. The van der Waals surface area contributed by atoms with Crippen molar-refractivity contribution in [3.8, 4) is 0 Å². The summed E-state index contributed by atoms with van der Waals surface area (Å²) in [6.45, 7) is 5.85. The summed E-state index contributed by atoms with van der Waals surface area (Å²) in [5.74, 6) is 0.171. The van der Waals surface area contributed by atoms with E-state index in [4.69, 9.17) is 11.6 Å². The zero-order valence-electron chi connectivity index (χ0n) is 14.5. The second kappa shape index (κ2) is 8.92. The Morgan fingerprint density at radius 2 is 1.40 bits per heavy atom. The van der Waals surface area contributed by atoms with Crippen molar-refractivity contribution in [1.29, 1.82) is 0 Å². The van der Waals surface area contributed by atoms with Crippen LogP contribution in [0.5, 0.6) is 0 Å². The highest BCUT2D eigenvalue weighted by Gasteiger charge is 2.09. The molecule has 0 saturated heterocycles. The van der Waals surface area contributed by atoms with Gasteiger partial charge in [-0.2, -0.15) is 0 Å². The quantitative estimate of drug-likeness (QED) is 0.776. The maximum absolute atomic E-state index is 12.0. The number of nitrogens with one attached hydrogen (secondary N) is 2. The number of anilines is 2. The average Bonchev–Trinajstić information content (AvgIpc) is 2.53. The molecule has 132 valence electrons. The Kier molecular flexibility index (Phi) is 6.91. The van der Waals surface area contributed by atoms with Gasteiger partial charge in [0.15, 0.2) is 0 Å². The second-order valence-corrected chi connectivity index (χ2v) is 7.29. The Balaban J connectivity index is 1.77. The highest BCUT2D eigenvalue weighted by atomic mass is 35.5. The lowest BCUT2D eigenvalue weighted by Gasteiger charge is -2.10. The zero-order valence-corrected chi connectivity index (χ0v) is 16.1. The second-order valence-electron chi connectivity index (χ2n) is 5.87. The van der Waals surface area contributed by atoms with E-state index in [2.05, 4.69) is 10.6 Å². The van der Waals surface area contributed by atoms with Gasteiger partial charge in [-0.1, -0.05) is 29.3 Å². The molecule has 0 aromatic heterocycles. The predicted molar refractivity (Wildman–Crippen MR) is 107 cm³/mol. The molecule has 4 nitrogen and oxygen atoms in total. The van der Waals surface area contributed by atoms with Crippen LogP contribution in [0, 0.1) is 20.8 Å². The van der Waals surface area contributed by atoms with Crippen molar-refractivity contribution in [3.05, 3.63) is 58.1 Å². The summed E-state index contributed by atoms with van der Waals surface area (Å²) in [4.78, 5) is 24.0. The average molecular weight is 377 g/mol. The molecule has 2 N–H and O–H groups in total. The molecule has 0 unspecified atom stereocenters. The minimum atomic E-state index is -0.144. The summed E-state index contributed by atoms with van der Waals surface area (Å²) in [6, 6.07) is 11.2. The molecule has 2 aromatic carbocycles. The normalized spacial score (nSPS) is 10.4. The van der Waals surface area contributed by atoms with Crippen LogP contribution in [0.2, 0.25) is 5.02 Å². The number of benzene rings is 2. The summed E-state index contributed by atoms with van der Waals surface area (Å²) in [5.41, 5.74) is 4.61. The molecule has 2 amide bonds. The van der Waals surface area contributed by atoms with Crippen LogP contribution < -0.4 is 10.6 Å². The smallest absolute Gasteiger partial charge is 0.234 e. The molecule has 0 aliphatic rings. The van der Waals surface area contributed by atoms with E-state index < -0.39 is 0 Å². The molecule has 0 aliphatic heterocycles. The van der Waals surface area contributed by atoms with E-state index in [-0.39, 0.29) is 23.3 Å². The van der Waals surface area contributed by atoms with Crippen LogP contribution in [0.1, 0.15) is 16.7 Å². The van der Waals surface area contributed by atoms with Gasteiger partial charge in [-0.15, -0.1) is 11.8 Å². The van der Waals surface area contributed by atoms with Crippen molar-refractivity contribution >= 4 is 46.6 Å². The molecule has 0 fully saturated rings. The van der Waals surface area contributed by atoms with E-state index in [1.807, 2.05) is 39.0 Å². The first-order valence-electron chi connectivity index (χ1n) is 7.86. The topological polar surface area (TPSA) is 58.2 Å². The number of aryl methyl sites for hydroxylation is 3. The maximum atomic E-state index is 12.0. The number of rotatable bonds is 6. The predicted octanol–water partition coefficient (Wildman–Crippen LogP) is 4.58. The first-order chi connectivity index (χ1) is 11.8. The van der Waals surface area contributed by atoms with Crippen LogP contribution in [0.25, 0.3) is 0 Å². The molecule has 0 radical (unpaired) electrons. The van der Waals surface area contributed by atoms with Crippen LogP contribution in [-0.2, 0) is 9.59 Å². The number of amides is 2. The van der Waals surface area contributed by atoms with Gasteiger partial charge < -0.3 is 10.6 Å². The number of carbonyl (C=O) groups excluding carboxylic acids is 2. The molecule has 0 bridgehead atoms. The van der Waals surface area contributed by atoms with Crippen molar-refractivity contribution in [2.24, 2.45) is 0 Å². The van der Waals surface area contributed by atoms with Crippen LogP contribution in [-0.4, -0.2) is 23.3 Å². The Hall–Kier alpha value is -1.98. The number of carbonyl (C=O) groups is 2. The monoisotopic (exact) mass is 376 g/mol. The summed E-state index contributed by atoms with van der Waals surface area (Å²) >= 11 is 7.17. The molecule has 6 heteroatoms. The van der Waals surface area contributed by atoms with Gasteiger partial charge in [0, 0.05) is 16.4 Å². The molecule has 0 atom stereocenters. The van der Waals surface area contributed by atoms with Crippen molar-refractivity contribution in [2.75, 3.05) is 22.1 Å². The van der Waals surface area contributed by atoms with E-state index in [1.54, 1.807) is 18.2 Å². The molecule has 2 aromatic rings. The van der Waals surface area contributed by atoms with Crippen molar-refractivity contribution in [2.45, 2.75) is 20.8 Å². The van der Waals surface area contributed by atoms with Crippen LogP contribution in [0.3, 0.4) is 0 Å². The Morgan fingerprint density at radius 1 is 0.880 bits per heavy atom. The number of halogens is 1. The van der Waals surface area contributed by atoms with Gasteiger partial charge in [-0.25, -0.2) is 0 Å². The number of hydrogen-bond acceptors (Lipinski definition) is 3. The Morgan fingerprint density at radius 3 is 1.92 bits per heavy atom. The molecular weight excluding hydrogens is 356 g/mol. The lowest BCUT2D eigenvalue weighted by atomic mass is 10.1. The largest absolute Gasteiger partial charge is 0.325 e. The first kappa shape index (κ1) is 19.3. The summed E-state index contributed by atoms with van der Waals surface area (Å²) in [6.07, 6.45) is 0. The van der Waals surface area contributed by atoms with Crippen molar-refractivity contribution < 1.29 is 9.59 Å². The SMILES string of the molecule is Cc1ccc(NC(=O)CSCC(=O)Nc2ccc(Cl)cc2C)c(C)c1. The Bertz CT molecular complexity index is 727. The zero-order chi connectivity index (χ0) is 18.4. The van der Waals surface area contributed by atoms with E-state index in [0.717, 1.165) is 28.1 Å². The highest BCUT2D eigenvalue weighted by molar-refractivity contribution is 8.00. The lowest BCUT2D eigenvalue weighted by Crippen LogP contribution is -2.19. The maximum Gasteiger partial charge on any atom is 0.234 e. The summed E-state index contributed by atoms with van der Waals surface area (Å²) in [5, 5.41) is 6.33. The summed E-state index contributed by atoms with van der Waals surface area (Å²) < 4.78 is 0. The first-order valence-corrected chi connectivity index (χ1v) is 9.39. The third-order valence-corrected chi connectivity index (χ3v) is 4.75. The van der Waals surface area contributed by atoms with E-state index >= 15 is 0 Å². The van der Waals surface area contributed by atoms with Crippen molar-refractivity contribution in [1.82, 2.24) is 0 Å². The van der Waals surface area contributed by atoms with Gasteiger partial charge >= 0.3 is 0 Å². The van der Waals surface area contributed by atoms with Crippen molar-refractivity contribution in [3.63, 3.8) is 0 Å². The van der Waals surface area contributed by atoms with Crippen LogP contribution in [0.4, 0.5) is 11.4 Å². The number of hydrogen-bond donors (Lipinski definition) is 2. The van der Waals surface area contributed by atoms with Gasteiger partial charge in [0.25, 0.3) is 0 Å². The Labute approximate surface area is 157 Å². The standard InChI is InChI=1S/C19H21ClN2O2S/c1-12-4-6-16(13(2)8-12)21-18(23)10-25-11-19(24)22-17-7-5-15(20)9-14(17)3/h4-9H,10-11H2,1-3H3,(H,21,23)(H,22,24). The fourth-order valence-electron chi connectivity index (χ4n) is 2.33. The molecule has 0 saturated carbocycles. The fraction of sp³-hybridized carbons (Fsp3) is 0.263. The molecule has 25 heavy (non-hydrogen) atoms. The van der Waals surface area contributed by atoms with Crippen LogP contribution in [0.15, 0.2) is 36.4 Å². The molecule has 2 rings (SSSR count).